The molecule has 0 unspecified atom stereocenters. The minimum Gasteiger partial charge on any atom is -0.494 e. The van der Waals surface area contributed by atoms with E-state index in [2.05, 4.69) is 11.8 Å². The van der Waals surface area contributed by atoms with Crippen molar-refractivity contribution < 1.29 is 13.2 Å². The van der Waals surface area contributed by atoms with E-state index < -0.39 is 10.0 Å². The van der Waals surface area contributed by atoms with Gasteiger partial charge in [-0.2, -0.15) is 9.40 Å². The summed E-state index contributed by atoms with van der Waals surface area (Å²) in [5, 5.41) is 5.00. The lowest BCUT2D eigenvalue weighted by atomic mass is 10.0. The number of sulfonamides is 1. The van der Waals surface area contributed by atoms with Crippen molar-refractivity contribution in [1.82, 2.24) is 19.0 Å². The quantitative estimate of drug-likeness (QED) is 0.459. The molecule has 2 heterocycles. The van der Waals surface area contributed by atoms with Gasteiger partial charge < -0.3 is 4.74 Å². The summed E-state index contributed by atoms with van der Waals surface area (Å²) in [4.78, 5) is 2.68. The number of nitrogens with zero attached hydrogens (tertiary/aromatic N) is 4. The van der Waals surface area contributed by atoms with Crippen LogP contribution >= 0.6 is 0 Å². The third kappa shape index (κ3) is 4.89. The van der Waals surface area contributed by atoms with Crippen molar-refractivity contribution in [1.29, 1.82) is 0 Å². The number of hydrogen-bond donors (Lipinski definition) is 0. The summed E-state index contributed by atoms with van der Waals surface area (Å²) in [5.74, 6) is 0.922. The van der Waals surface area contributed by atoms with Crippen LogP contribution in [0.25, 0.3) is 5.69 Å². The van der Waals surface area contributed by atoms with Crippen LogP contribution in [-0.2, 0) is 29.5 Å². The monoisotopic (exact) mass is 482 g/mol. The van der Waals surface area contributed by atoms with Crippen LogP contribution in [-0.4, -0.2) is 54.1 Å². The summed E-state index contributed by atoms with van der Waals surface area (Å²) in [6.45, 7) is 9.53. The van der Waals surface area contributed by atoms with Gasteiger partial charge in [-0.05, 0) is 36.7 Å². The molecule has 3 aromatic rings. The van der Waals surface area contributed by atoms with Gasteiger partial charge in [0, 0.05) is 31.6 Å². The summed E-state index contributed by atoms with van der Waals surface area (Å²) < 4.78 is 36.3. The van der Waals surface area contributed by atoms with Crippen LogP contribution in [0.5, 0.6) is 5.75 Å². The van der Waals surface area contributed by atoms with Gasteiger partial charge in [-0.3, -0.25) is 4.90 Å². The second kappa shape index (κ2) is 10.3. The molecule has 0 amide bonds. The predicted octanol–water partition coefficient (Wildman–Crippen LogP) is 4.11. The molecule has 2 aromatic carbocycles. The Bertz CT molecular complexity index is 1220. The highest BCUT2D eigenvalue weighted by molar-refractivity contribution is 7.89. The maximum Gasteiger partial charge on any atom is 0.243 e. The normalized spacial score (nSPS) is 14.5. The van der Waals surface area contributed by atoms with Gasteiger partial charge in [-0.15, -0.1) is 0 Å². The Hall–Kier alpha value is -2.68. The fourth-order valence-electron chi connectivity index (χ4n) is 4.51. The fourth-order valence-corrected chi connectivity index (χ4v) is 6.09. The molecule has 1 aromatic heterocycles. The van der Waals surface area contributed by atoms with Crippen LogP contribution in [0.1, 0.15) is 37.7 Å². The van der Waals surface area contributed by atoms with Gasteiger partial charge >= 0.3 is 0 Å². The zero-order valence-electron chi connectivity index (χ0n) is 20.4. The van der Waals surface area contributed by atoms with E-state index in [0.29, 0.717) is 11.4 Å². The fraction of sp³-hybridized carbons (Fsp3) is 0.423. The molecular weight excluding hydrogens is 448 g/mol. The van der Waals surface area contributed by atoms with E-state index in [1.54, 1.807) is 35.7 Å². The van der Waals surface area contributed by atoms with Crippen LogP contribution in [0, 0.1) is 5.92 Å². The van der Waals surface area contributed by atoms with Gasteiger partial charge in [0.1, 0.15) is 11.4 Å². The average molecular weight is 483 g/mol. The number of methoxy groups -OCH3 is 1. The molecule has 34 heavy (non-hydrogen) atoms. The van der Waals surface area contributed by atoms with Crippen molar-refractivity contribution in [2.75, 3.05) is 26.7 Å². The molecule has 1 aliphatic rings. The Labute approximate surface area is 203 Å². The SMILES string of the molecule is CCN1CCc2c(c(CN(CC(C)C)S(=O)(=O)c3ccccc3)nn2-c2ccccc2OC)C1. The van der Waals surface area contributed by atoms with Crippen LogP contribution in [0.2, 0.25) is 0 Å². The molecule has 0 fully saturated rings. The Balaban J connectivity index is 1.80. The van der Waals surface area contributed by atoms with Crippen LogP contribution in [0.3, 0.4) is 0 Å². The molecule has 0 radical (unpaired) electrons. The van der Waals surface area contributed by atoms with Crippen LogP contribution < -0.4 is 4.74 Å². The molecule has 0 bridgehead atoms. The van der Waals surface area contributed by atoms with Crippen molar-refractivity contribution in [3.63, 3.8) is 0 Å². The highest BCUT2D eigenvalue weighted by Gasteiger charge is 2.31. The lowest BCUT2D eigenvalue weighted by molar-refractivity contribution is 0.264. The highest BCUT2D eigenvalue weighted by Crippen LogP contribution is 2.31. The predicted molar refractivity (Wildman–Crippen MR) is 134 cm³/mol. The van der Waals surface area contributed by atoms with Gasteiger partial charge in [-0.1, -0.05) is 51.1 Å². The molecule has 0 spiro atoms. The Morgan fingerprint density at radius 3 is 2.47 bits per heavy atom. The van der Waals surface area contributed by atoms with E-state index in [1.807, 2.05) is 48.9 Å². The lowest BCUT2D eigenvalue weighted by Gasteiger charge is -2.27. The van der Waals surface area contributed by atoms with Crippen molar-refractivity contribution in [3.05, 3.63) is 71.5 Å². The van der Waals surface area contributed by atoms with E-state index in [0.717, 1.165) is 54.4 Å². The van der Waals surface area contributed by atoms with Gasteiger partial charge in [0.25, 0.3) is 0 Å². The van der Waals surface area contributed by atoms with Crippen LogP contribution in [0.15, 0.2) is 59.5 Å². The molecule has 1 aliphatic heterocycles. The summed E-state index contributed by atoms with van der Waals surface area (Å²) in [6, 6.07) is 16.5. The first-order valence-corrected chi connectivity index (χ1v) is 13.3. The number of rotatable bonds is 9. The Kier molecular flexibility index (Phi) is 7.40. The smallest absolute Gasteiger partial charge is 0.243 e. The molecule has 0 atom stereocenters. The van der Waals surface area contributed by atoms with Crippen molar-refractivity contribution in [2.45, 2.75) is 45.2 Å². The van der Waals surface area contributed by atoms with E-state index in [1.165, 1.54) is 0 Å². The first-order valence-electron chi connectivity index (χ1n) is 11.9. The average Bonchev–Trinajstić information content (AvgIpc) is 3.21. The van der Waals surface area contributed by atoms with Gasteiger partial charge in [0.2, 0.25) is 10.0 Å². The molecule has 182 valence electrons. The zero-order valence-corrected chi connectivity index (χ0v) is 21.3. The van der Waals surface area contributed by atoms with Gasteiger partial charge in [0.05, 0.1) is 29.9 Å². The number of hydrogen-bond acceptors (Lipinski definition) is 5. The van der Waals surface area contributed by atoms with Crippen molar-refractivity contribution in [2.24, 2.45) is 5.92 Å². The number of ether oxygens (including phenoxy) is 1. The van der Waals surface area contributed by atoms with Crippen LogP contribution in [0.4, 0.5) is 0 Å². The number of fused-ring (bicyclic) bond motifs is 1. The largest absolute Gasteiger partial charge is 0.494 e. The minimum atomic E-state index is -3.66. The van der Waals surface area contributed by atoms with E-state index in [4.69, 9.17) is 9.84 Å². The molecule has 4 rings (SSSR count). The molecule has 0 saturated heterocycles. The molecular formula is C26H34N4O3S. The van der Waals surface area contributed by atoms with Gasteiger partial charge in [-0.25, -0.2) is 13.1 Å². The standard InChI is InChI=1S/C26H34N4O3S/c1-5-28-16-15-24-22(18-28)23(27-30(24)25-13-9-10-14-26(25)33-4)19-29(17-20(2)3)34(31,32)21-11-7-6-8-12-21/h6-14,20H,5,15-19H2,1-4H3. The topological polar surface area (TPSA) is 67.7 Å². The molecule has 7 nitrogen and oxygen atoms in total. The highest BCUT2D eigenvalue weighted by atomic mass is 32.2. The van der Waals surface area contributed by atoms with Gasteiger partial charge in [0.15, 0.2) is 0 Å². The number of likely N-dealkylation sites (N-methyl/N-ethyl adjacent to an activating group) is 1. The maximum absolute atomic E-state index is 13.6. The number of aromatic nitrogens is 2. The number of benzene rings is 2. The molecule has 8 heteroatoms. The first kappa shape index (κ1) is 24.4. The molecule has 0 N–H and O–H groups in total. The maximum atomic E-state index is 13.6. The van der Waals surface area contributed by atoms with Crippen molar-refractivity contribution in [3.8, 4) is 11.4 Å². The lowest BCUT2D eigenvalue weighted by Crippen LogP contribution is -2.35. The Morgan fingerprint density at radius 2 is 1.79 bits per heavy atom. The number of para-hydroxylation sites is 2. The Morgan fingerprint density at radius 1 is 1.09 bits per heavy atom. The summed E-state index contributed by atoms with van der Waals surface area (Å²) in [5.41, 5.74) is 3.93. The van der Waals surface area contributed by atoms with E-state index >= 15 is 0 Å². The second-order valence-corrected chi connectivity index (χ2v) is 11.0. The minimum absolute atomic E-state index is 0.178. The third-order valence-corrected chi connectivity index (χ3v) is 8.08. The third-order valence-electron chi connectivity index (χ3n) is 6.26. The molecule has 0 saturated carbocycles. The molecule has 0 aliphatic carbocycles. The summed E-state index contributed by atoms with van der Waals surface area (Å²) in [6.07, 6.45) is 0.851. The zero-order chi connectivity index (χ0) is 24.3. The summed E-state index contributed by atoms with van der Waals surface area (Å²) in [7, 11) is -2.00. The van der Waals surface area contributed by atoms with E-state index in [9.17, 15) is 8.42 Å². The summed E-state index contributed by atoms with van der Waals surface area (Å²) >= 11 is 0. The first-order chi connectivity index (χ1) is 16.3. The van der Waals surface area contributed by atoms with E-state index in [-0.39, 0.29) is 12.5 Å². The van der Waals surface area contributed by atoms with Crippen molar-refractivity contribution >= 4 is 10.0 Å². The second-order valence-electron chi connectivity index (χ2n) is 9.08.